The van der Waals surface area contributed by atoms with E-state index in [2.05, 4.69) is 24.4 Å². The standard InChI is InChI=1S/C15H21NO3S/c1-11-4-2-5-13-14(6-3-8-19-15(11)13)16-12-7-9-20(17,18)10-12/h2,4-5,12,14,16H,3,6-10H2,1H3. The van der Waals surface area contributed by atoms with Crippen molar-refractivity contribution in [3.8, 4) is 5.75 Å². The van der Waals surface area contributed by atoms with E-state index >= 15 is 0 Å². The van der Waals surface area contributed by atoms with Gasteiger partial charge in [0, 0.05) is 17.6 Å². The van der Waals surface area contributed by atoms with E-state index in [0.717, 1.165) is 37.2 Å². The summed E-state index contributed by atoms with van der Waals surface area (Å²) >= 11 is 0. The highest BCUT2D eigenvalue weighted by molar-refractivity contribution is 7.91. The molecule has 1 saturated heterocycles. The topological polar surface area (TPSA) is 55.4 Å². The summed E-state index contributed by atoms with van der Waals surface area (Å²) in [6, 6.07) is 6.47. The highest BCUT2D eigenvalue weighted by Crippen LogP contribution is 2.34. The first-order valence-electron chi connectivity index (χ1n) is 7.24. The fraction of sp³-hybridized carbons (Fsp3) is 0.600. The van der Waals surface area contributed by atoms with Crippen molar-refractivity contribution in [1.82, 2.24) is 5.32 Å². The molecule has 0 radical (unpaired) electrons. The Balaban J connectivity index is 1.82. The van der Waals surface area contributed by atoms with Gasteiger partial charge < -0.3 is 10.1 Å². The summed E-state index contributed by atoms with van der Waals surface area (Å²) in [6.07, 6.45) is 2.71. The predicted molar refractivity (Wildman–Crippen MR) is 78.8 cm³/mol. The molecule has 2 heterocycles. The van der Waals surface area contributed by atoms with Gasteiger partial charge in [0.25, 0.3) is 0 Å². The molecule has 0 saturated carbocycles. The zero-order valence-electron chi connectivity index (χ0n) is 11.8. The molecule has 4 nitrogen and oxygen atoms in total. The summed E-state index contributed by atoms with van der Waals surface area (Å²) in [5.74, 6) is 1.56. The van der Waals surface area contributed by atoms with Crippen molar-refractivity contribution in [1.29, 1.82) is 0 Å². The van der Waals surface area contributed by atoms with Gasteiger partial charge in [-0.15, -0.1) is 0 Å². The van der Waals surface area contributed by atoms with Gasteiger partial charge in [0.05, 0.1) is 18.1 Å². The zero-order chi connectivity index (χ0) is 14.2. The summed E-state index contributed by atoms with van der Waals surface area (Å²) in [6.45, 7) is 2.79. The molecule has 1 fully saturated rings. The van der Waals surface area contributed by atoms with E-state index in [1.165, 1.54) is 5.56 Å². The van der Waals surface area contributed by atoms with Gasteiger partial charge in [-0.25, -0.2) is 8.42 Å². The van der Waals surface area contributed by atoms with Crippen LogP contribution in [0.15, 0.2) is 18.2 Å². The van der Waals surface area contributed by atoms with Gasteiger partial charge in [-0.2, -0.15) is 0 Å². The molecule has 2 atom stereocenters. The van der Waals surface area contributed by atoms with E-state index < -0.39 is 9.84 Å². The Morgan fingerprint density at radius 2 is 2.15 bits per heavy atom. The molecule has 2 aliphatic rings. The maximum Gasteiger partial charge on any atom is 0.151 e. The predicted octanol–water partition coefficient (Wildman–Crippen LogP) is 1.99. The molecule has 1 aromatic rings. The normalized spacial score (nSPS) is 28.4. The lowest BCUT2D eigenvalue weighted by Gasteiger charge is -2.22. The fourth-order valence-electron chi connectivity index (χ4n) is 3.15. The lowest BCUT2D eigenvalue weighted by Crippen LogP contribution is -2.33. The van der Waals surface area contributed by atoms with Crippen LogP contribution in [0.4, 0.5) is 0 Å². The first-order chi connectivity index (χ1) is 9.55. The van der Waals surface area contributed by atoms with Crippen molar-refractivity contribution < 1.29 is 13.2 Å². The van der Waals surface area contributed by atoms with Gasteiger partial charge in [-0.1, -0.05) is 18.2 Å². The molecule has 1 aromatic carbocycles. The second-order valence-corrected chi connectivity index (χ2v) is 8.03. The number of hydrogen-bond acceptors (Lipinski definition) is 4. The summed E-state index contributed by atoms with van der Waals surface area (Å²) in [4.78, 5) is 0. The molecule has 20 heavy (non-hydrogen) atoms. The van der Waals surface area contributed by atoms with E-state index in [1.54, 1.807) is 0 Å². The van der Waals surface area contributed by atoms with Gasteiger partial charge in [0.1, 0.15) is 5.75 Å². The average Bonchev–Trinajstić information content (AvgIpc) is 2.61. The van der Waals surface area contributed by atoms with Crippen LogP contribution in [0.25, 0.3) is 0 Å². The second-order valence-electron chi connectivity index (χ2n) is 5.80. The van der Waals surface area contributed by atoms with Crippen LogP contribution < -0.4 is 10.1 Å². The van der Waals surface area contributed by atoms with Crippen molar-refractivity contribution in [3.63, 3.8) is 0 Å². The number of benzene rings is 1. The number of rotatable bonds is 2. The first-order valence-corrected chi connectivity index (χ1v) is 9.06. The number of nitrogens with one attached hydrogen (secondary N) is 1. The minimum absolute atomic E-state index is 0.0801. The Morgan fingerprint density at radius 3 is 2.90 bits per heavy atom. The lowest BCUT2D eigenvalue weighted by atomic mass is 9.99. The molecule has 2 unspecified atom stereocenters. The highest BCUT2D eigenvalue weighted by atomic mass is 32.2. The van der Waals surface area contributed by atoms with Crippen molar-refractivity contribution in [2.75, 3.05) is 18.1 Å². The van der Waals surface area contributed by atoms with E-state index in [0.29, 0.717) is 5.75 Å². The Kier molecular flexibility index (Phi) is 3.73. The van der Waals surface area contributed by atoms with Gasteiger partial charge >= 0.3 is 0 Å². The van der Waals surface area contributed by atoms with Crippen molar-refractivity contribution in [2.24, 2.45) is 0 Å². The van der Waals surface area contributed by atoms with Gasteiger partial charge in [-0.3, -0.25) is 0 Å². The Morgan fingerprint density at radius 1 is 1.30 bits per heavy atom. The number of hydrogen-bond donors (Lipinski definition) is 1. The zero-order valence-corrected chi connectivity index (χ0v) is 12.6. The van der Waals surface area contributed by atoms with Crippen LogP contribution in [0, 0.1) is 6.92 Å². The van der Waals surface area contributed by atoms with Crippen LogP contribution in [0.3, 0.4) is 0 Å². The maximum absolute atomic E-state index is 11.6. The summed E-state index contributed by atoms with van der Waals surface area (Å²) in [7, 11) is -2.83. The molecular weight excluding hydrogens is 274 g/mol. The molecule has 0 amide bonds. The molecule has 1 N–H and O–H groups in total. The number of sulfone groups is 1. The van der Waals surface area contributed by atoms with E-state index in [4.69, 9.17) is 4.74 Å². The third-order valence-corrected chi connectivity index (χ3v) is 5.94. The smallest absolute Gasteiger partial charge is 0.151 e. The van der Waals surface area contributed by atoms with Crippen LogP contribution in [-0.4, -0.2) is 32.6 Å². The van der Waals surface area contributed by atoms with Crippen molar-refractivity contribution >= 4 is 9.84 Å². The Hall–Kier alpha value is -1.07. The number of fused-ring (bicyclic) bond motifs is 1. The third-order valence-electron chi connectivity index (χ3n) is 4.17. The van der Waals surface area contributed by atoms with E-state index in [1.807, 2.05) is 6.07 Å². The van der Waals surface area contributed by atoms with Crippen molar-refractivity contribution in [2.45, 2.75) is 38.3 Å². The van der Waals surface area contributed by atoms with Crippen LogP contribution >= 0.6 is 0 Å². The average molecular weight is 295 g/mol. The van der Waals surface area contributed by atoms with E-state index in [9.17, 15) is 8.42 Å². The van der Waals surface area contributed by atoms with Crippen LogP contribution in [0.5, 0.6) is 5.75 Å². The molecule has 110 valence electrons. The largest absolute Gasteiger partial charge is 0.493 e. The molecule has 5 heteroatoms. The molecule has 0 aliphatic carbocycles. The van der Waals surface area contributed by atoms with Crippen LogP contribution in [-0.2, 0) is 9.84 Å². The van der Waals surface area contributed by atoms with Crippen molar-refractivity contribution in [3.05, 3.63) is 29.3 Å². The van der Waals surface area contributed by atoms with Gasteiger partial charge in [-0.05, 0) is 31.7 Å². The molecule has 0 aromatic heterocycles. The van der Waals surface area contributed by atoms with Crippen LogP contribution in [0.1, 0.15) is 36.4 Å². The highest BCUT2D eigenvalue weighted by Gasteiger charge is 2.31. The maximum atomic E-state index is 11.6. The second kappa shape index (κ2) is 5.37. The van der Waals surface area contributed by atoms with E-state index in [-0.39, 0.29) is 17.8 Å². The van der Waals surface area contributed by atoms with Gasteiger partial charge in [0.15, 0.2) is 9.84 Å². The quantitative estimate of drug-likeness (QED) is 0.906. The molecular formula is C15H21NO3S. The fourth-order valence-corrected chi connectivity index (χ4v) is 4.83. The molecule has 0 spiro atoms. The Bertz CT molecular complexity index is 597. The number of ether oxygens (including phenoxy) is 1. The number of para-hydroxylation sites is 1. The third kappa shape index (κ3) is 2.83. The molecule has 3 rings (SSSR count). The minimum Gasteiger partial charge on any atom is -0.493 e. The summed E-state index contributed by atoms with van der Waals surface area (Å²) in [5, 5.41) is 3.54. The lowest BCUT2D eigenvalue weighted by molar-refractivity contribution is 0.312. The summed E-state index contributed by atoms with van der Waals surface area (Å²) in [5.41, 5.74) is 2.32. The summed E-state index contributed by atoms with van der Waals surface area (Å²) < 4.78 is 29.0. The van der Waals surface area contributed by atoms with Gasteiger partial charge in [0.2, 0.25) is 0 Å². The first kappa shape index (κ1) is 13.9. The molecule has 0 bridgehead atoms. The minimum atomic E-state index is -2.83. The SMILES string of the molecule is Cc1cccc2c1OCCCC2NC1CCS(=O)(=O)C1. The van der Waals surface area contributed by atoms with Crippen LogP contribution in [0.2, 0.25) is 0 Å². The monoisotopic (exact) mass is 295 g/mol. The number of aryl methyl sites for hydroxylation is 1. The molecule has 2 aliphatic heterocycles. The Labute approximate surface area is 120 Å².